The first-order chi connectivity index (χ1) is 15.5. The van der Waals surface area contributed by atoms with Crippen molar-refractivity contribution in [3.05, 3.63) is 59.7 Å². The molecule has 1 aliphatic rings. The molecule has 3 N–H and O–H groups in total. The van der Waals surface area contributed by atoms with Gasteiger partial charge in [-0.3, -0.25) is 4.79 Å². The van der Waals surface area contributed by atoms with Gasteiger partial charge in [-0.05, 0) is 35.6 Å². The molecule has 2 aromatic rings. The molecule has 0 spiro atoms. The third-order valence-electron chi connectivity index (χ3n) is 5.78. The molecule has 0 fully saturated rings. The third kappa shape index (κ3) is 4.94. The van der Waals surface area contributed by atoms with Gasteiger partial charge in [-0.25, -0.2) is 9.59 Å². The Morgan fingerprint density at radius 3 is 2.00 bits per heavy atom. The number of hydrogen-bond acceptors (Lipinski definition) is 4. The van der Waals surface area contributed by atoms with Crippen LogP contribution in [0.2, 0.25) is 0 Å². The lowest BCUT2D eigenvalue weighted by atomic mass is 9.97. The fourth-order valence-corrected chi connectivity index (χ4v) is 3.74. The van der Waals surface area contributed by atoms with Crippen LogP contribution in [0.4, 0.5) is 18.0 Å². The van der Waals surface area contributed by atoms with Crippen LogP contribution in [0.25, 0.3) is 11.1 Å². The van der Waals surface area contributed by atoms with Crippen LogP contribution in [0.5, 0.6) is 0 Å². The van der Waals surface area contributed by atoms with Crippen LogP contribution in [0.1, 0.15) is 37.3 Å². The normalized spacial score (nSPS) is 15.5. The number of rotatable bonds is 7. The van der Waals surface area contributed by atoms with Gasteiger partial charge in [0.25, 0.3) is 0 Å². The number of carboxylic acids is 1. The number of halogens is 3. The topological polar surface area (TPSA) is 105 Å². The minimum atomic E-state index is -5.19. The summed E-state index contributed by atoms with van der Waals surface area (Å²) in [5.74, 6) is -3.79. The van der Waals surface area contributed by atoms with Gasteiger partial charge < -0.3 is 20.5 Å². The minimum absolute atomic E-state index is 0.0540. The van der Waals surface area contributed by atoms with Crippen LogP contribution in [0.3, 0.4) is 0 Å². The van der Waals surface area contributed by atoms with Crippen molar-refractivity contribution in [2.24, 2.45) is 0 Å². The van der Waals surface area contributed by atoms with Gasteiger partial charge in [0.2, 0.25) is 11.9 Å². The van der Waals surface area contributed by atoms with E-state index in [-0.39, 0.29) is 18.9 Å². The molecule has 10 heteroatoms. The van der Waals surface area contributed by atoms with Crippen molar-refractivity contribution in [2.45, 2.75) is 43.9 Å². The second-order valence-corrected chi connectivity index (χ2v) is 7.92. The second-order valence-electron chi connectivity index (χ2n) is 7.92. The summed E-state index contributed by atoms with van der Waals surface area (Å²) in [6.45, 7) is 2.60. The third-order valence-corrected chi connectivity index (χ3v) is 5.78. The number of nitrogens with one attached hydrogen (secondary N) is 2. The summed E-state index contributed by atoms with van der Waals surface area (Å²) in [6.07, 6.45) is -6.30. The fourth-order valence-electron chi connectivity index (χ4n) is 3.74. The summed E-state index contributed by atoms with van der Waals surface area (Å²) in [5.41, 5.74) is 2.16. The van der Waals surface area contributed by atoms with E-state index in [0.717, 1.165) is 22.3 Å². The molecule has 2 atom stereocenters. The Morgan fingerprint density at radius 1 is 1.03 bits per heavy atom. The number of benzene rings is 2. The van der Waals surface area contributed by atoms with E-state index in [2.05, 4.69) is 5.32 Å². The van der Waals surface area contributed by atoms with E-state index < -0.39 is 35.7 Å². The van der Waals surface area contributed by atoms with Gasteiger partial charge in [-0.15, -0.1) is 0 Å². The van der Waals surface area contributed by atoms with E-state index in [1.54, 1.807) is 0 Å². The van der Waals surface area contributed by atoms with Crippen molar-refractivity contribution in [1.82, 2.24) is 10.6 Å². The zero-order chi connectivity index (χ0) is 24.4. The first kappa shape index (κ1) is 24.1. The van der Waals surface area contributed by atoms with Crippen molar-refractivity contribution in [1.29, 1.82) is 0 Å². The average molecular weight is 464 g/mol. The second kappa shape index (κ2) is 9.13. The quantitative estimate of drug-likeness (QED) is 0.578. The average Bonchev–Trinajstić information content (AvgIpc) is 3.08. The molecular weight excluding hydrogens is 441 g/mol. The van der Waals surface area contributed by atoms with Gasteiger partial charge in [0, 0.05) is 5.92 Å². The summed E-state index contributed by atoms with van der Waals surface area (Å²) < 4.78 is 44.1. The van der Waals surface area contributed by atoms with Crippen molar-refractivity contribution in [3.8, 4) is 11.1 Å². The molecule has 0 saturated carbocycles. The number of ether oxygens (including phenoxy) is 1. The first-order valence-electron chi connectivity index (χ1n) is 10.2. The zero-order valence-electron chi connectivity index (χ0n) is 17.9. The maximum Gasteiger partial charge on any atom is 0.419 e. The molecule has 0 radical (unpaired) electrons. The molecular formula is C23H23F3N2O5. The number of hydrogen-bond donors (Lipinski definition) is 3. The summed E-state index contributed by atoms with van der Waals surface area (Å²) in [7, 11) is 0. The molecule has 0 aliphatic heterocycles. The predicted octanol–water partition coefficient (Wildman–Crippen LogP) is 3.83. The lowest BCUT2D eigenvalue weighted by Gasteiger charge is -2.30. The first-order valence-corrected chi connectivity index (χ1v) is 10.2. The van der Waals surface area contributed by atoms with E-state index in [1.807, 2.05) is 48.5 Å². The lowest BCUT2D eigenvalue weighted by Crippen LogP contribution is -2.61. The predicted molar refractivity (Wildman–Crippen MR) is 113 cm³/mol. The van der Waals surface area contributed by atoms with E-state index in [4.69, 9.17) is 9.84 Å². The highest BCUT2D eigenvalue weighted by atomic mass is 19.4. The Hall–Kier alpha value is -3.56. The molecule has 0 aromatic heterocycles. The van der Waals surface area contributed by atoms with E-state index in [9.17, 15) is 27.6 Å². The Kier molecular flexibility index (Phi) is 6.66. The smallest absolute Gasteiger partial charge is 0.419 e. The highest BCUT2D eigenvalue weighted by Gasteiger charge is 2.48. The molecule has 33 heavy (non-hydrogen) atoms. The van der Waals surface area contributed by atoms with Crippen molar-refractivity contribution < 1.29 is 37.4 Å². The standard InChI is InChI=1S/C23H23F3N2O5/c1-3-22(2,20(31)27-18(19(29)30)23(24,25)26)28-21(32)33-12-17-15-10-6-4-8-13(15)14-9-5-7-11-16(14)17/h4-11,17-18H,3,12H2,1-2H3,(H,27,31)(H,28,32)(H,29,30). The van der Waals surface area contributed by atoms with Crippen LogP contribution in [0, 0.1) is 0 Å². The minimum Gasteiger partial charge on any atom is -0.479 e. The van der Waals surface area contributed by atoms with E-state index >= 15 is 0 Å². The van der Waals surface area contributed by atoms with Crippen molar-refractivity contribution in [3.63, 3.8) is 0 Å². The summed E-state index contributed by atoms with van der Waals surface area (Å²) in [6, 6.07) is 12.2. The summed E-state index contributed by atoms with van der Waals surface area (Å²) >= 11 is 0. The Bertz CT molecular complexity index is 1030. The highest BCUT2D eigenvalue weighted by molar-refractivity contribution is 5.92. The SMILES string of the molecule is CCC(C)(NC(=O)OCC1c2ccccc2-c2ccccc21)C(=O)NC(C(=O)O)C(F)(F)F. The number of carbonyl (C=O) groups excluding carboxylic acids is 2. The van der Waals surface area contributed by atoms with Crippen LogP contribution < -0.4 is 10.6 Å². The van der Waals surface area contributed by atoms with Crippen LogP contribution in [-0.2, 0) is 14.3 Å². The Labute approximate surface area is 187 Å². The maximum absolute atomic E-state index is 12.9. The zero-order valence-corrected chi connectivity index (χ0v) is 17.9. The molecule has 3 rings (SSSR count). The molecule has 1 aliphatic carbocycles. The van der Waals surface area contributed by atoms with E-state index in [0.29, 0.717) is 0 Å². The molecule has 0 bridgehead atoms. The monoisotopic (exact) mass is 464 g/mol. The van der Waals surface area contributed by atoms with Gasteiger partial charge in [-0.2, -0.15) is 13.2 Å². The summed E-state index contributed by atoms with van der Waals surface area (Å²) in [5, 5.41) is 12.5. The van der Waals surface area contributed by atoms with Crippen molar-refractivity contribution in [2.75, 3.05) is 6.61 Å². The van der Waals surface area contributed by atoms with Gasteiger partial charge >= 0.3 is 18.2 Å². The van der Waals surface area contributed by atoms with Gasteiger partial charge in [-0.1, -0.05) is 55.5 Å². The summed E-state index contributed by atoms with van der Waals surface area (Å²) in [4.78, 5) is 35.8. The maximum atomic E-state index is 12.9. The molecule has 2 aromatic carbocycles. The number of amides is 2. The molecule has 7 nitrogen and oxygen atoms in total. The van der Waals surface area contributed by atoms with Crippen LogP contribution in [-0.4, -0.2) is 47.4 Å². The van der Waals surface area contributed by atoms with Crippen LogP contribution in [0.15, 0.2) is 48.5 Å². The molecule has 0 saturated heterocycles. The number of fused-ring (bicyclic) bond motifs is 3. The van der Waals surface area contributed by atoms with Crippen molar-refractivity contribution >= 4 is 18.0 Å². The highest BCUT2D eigenvalue weighted by Crippen LogP contribution is 2.44. The molecule has 2 amide bonds. The number of carbonyl (C=O) groups is 3. The number of alkyl carbamates (subject to hydrolysis) is 1. The Balaban J connectivity index is 1.69. The molecule has 0 heterocycles. The van der Waals surface area contributed by atoms with Crippen LogP contribution >= 0.6 is 0 Å². The number of carboxylic acid groups (broad SMARTS) is 1. The van der Waals surface area contributed by atoms with Gasteiger partial charge in [0.05, 0.1) is 0 Å². The Morgan fingerprint density at radius 2 is 1.55 bits per heavy atom. The molecule has 176 valence electrons. The largest absolute Gasteiger partial charge is 0.479 e. The van der Waals surface area contributed by atoms with E-state index in [1.165, 1.54) is 19.2 Å². The van der Waals surface area contributed by atoms with Gasteiger partial charge in [0.1, 0.15) is 12.1 Å². The lowest BCUT2D eigenvalue weighted by molar-refractivity contribution is -0.182. The molecule has 2 unspecified atom stereocenters. The fraction of sp³-hybridized carbons (Fsp3) is 0.348. The number of alkyl halides is 3. The number of aliphatic carboxylic acids is 1. The van der Waals surface area contributed by atoms with Gasteiger partial charge in [0.15, 0.2) is 0 Å².